The van der Waals surface area contributed by atoms with Gasteiger partial charge >= 0.3 is 5.69 Å². The van der Waals surface area contributed by atoms with Gasteiger partial charge in [-0.1, -0.05) is 12.1 Å². The van der Waals surface area contributed by atoms with Crippen LogP contribution in [-0.4, -0.2) is 28.0 Å². The van der Waals surface area contributed by atoms with E-state index in [-0.39, 0.29) is 11.9 Å². The number of likely N-dealkylation sites (tertiary alicyclic amines) is 1. The Kier molecular flexibility index (Phi) is 2.33. The number of hydrogen-bond donors (Lipinski definition) is 1. The lowest BCUT2D eigenvalue weighted by Gasteiger charge is -2.21. The summed E-state index contributed by atoms with van der Waals surface area (Å²) in [5.74, 6) is 0. The van der Waals surface area contributed by atoms with Crippen molar-refractivity contribution in [1.29, 1.82) is 0 Å². The van der Waals surface area contributed by atoms with Gasteiger partial charge in [0.1, 0.15) is 0 Å². The van der Waals surface area contributed by atoms with Crippen molar-refractivity contribution in [3.63, 3.8) is 0 Å². The van der Waals surface area contributed by atoms with Crippen LogP contribution in [0.25, 0.3) is 11.0 Å². The van der Waals surface area contributed by atoms with Gasteiger partial charge in [0.05, 0.1) is 17.2 Å². The van der Waals surface area contributed by atoms with Gasteiger partial charge in [-0.3, -0.25) is 9.47 Å². The summed E-state index contributed by atoms with van der Waals surface area (Å²) in [6, 6.07) is 6.01. The van der Waals surface area contributed by atoms with E-state index in [1.807, 2.05) is 16.7 Å². The first-order chi connectivity index (χ1) is 8.18. The molecule has 0 radical (unpaired) electrons. The predicted octanol–water partition coefficient (Wildman–Crippen LogP) is 1.86. The van der Waals surface area contributed by atoms with Crippen molar-refractivity contribution in [2.75, 3.05) is 13.6 Å². The SMILES string of the molecule is Cc1cccc2[nH]c(=O)n(C3CCCN3C)c12. The van der Waals surface area contributed by atoms with Crippen LogP contribution in [0.15, 0.2) is 23.0 Å². The quantitative estimate of drug-likeness (QED) is 0.814. The van der Waals surface area contributed by atoms with Crippen LogP contribution in [0.2, 0.25) is 0 Å². The molecular weight excluding hydrogens is 214 g/mol. The number of rotatable bonds is 1. The first-order valence-electron chi connectivity index (χ1n) is 6.08. The Balaban J connectivity index is 2.28. The van der Waals surface area contributed by atoms with Crippen LogP contribution in [0.4, 0.5) is 0 Å². The van der Waals surface area contributed by atoms with Gasteiger partial charge in [0.2, 0.25) is 0 Å². The molecule has 0 aliphatic carbocycles. The third kappa shape index (κ3) is 1.52. The zero-order valence-corrected chi connectivity index (χ0v) is 10.2. The second-order valence-electron chi connectivity index (χ2n) is 4.87. The Bertz CT molecular complexity index is 611. The molecule has 1 unspecified atom stereocenters. The molecule has 1 aliphatic rings. The summed E-state index contributed by atoms with van der Waals surface area (Å²) in [7, 11) is 2.08. The fraction of sp³-hybridized carbons (Fsp3) is 0.462. The Labute approximate surface area is 99.9 Å². The van der Waals surface area contributed by atoms with Gasteiger partial charge in [-0.2, -0.15) is 0 Å². The Hall–Kier alpha value is -1.55. The first kappa shape index (κ1) is 10.6. The van der Waals surface area contributed by atoms with Crippen LogP contribution >= 0.6 is 0 Å². The van der Waals surface area contributed by atoms with Crippen molar-refractivity contribution in [2.45, 2.75) is 25.9 Å². The van der Waals surface area contributed by atoms with Crippen molar-refractivity contribution >= 4 is 11.0 Å². The number of hydrogen-bond acceptors (Lipinski definition) is 2. The molecule has 17 heavy (non-hydrogen) atoms. The van der Waals surface area contributed by atoms with E-state index in [1.54, 1.807) is 0 Å². The van der Waals surface area contributed by atoms with Gasteiger partial charge < -0.3 is 4.98 Å². The molecule has 0 saturated carbocycles. The Morgan fingerprint density at radius 2 is 2.24 bits per heavy atom. The second kappa shape index (κ2) is 3.74. The molecule has 4 nitrogen and oxygen atoms in total. The molecule has 1 aliphatic heterocycles. The zero-order chi connectivity index (χ0) is 12.0. The highest BCUT2D eigenvalue weighted by molar-refractivity contribution is 5.78. The van der Waals surface area contributed by atoms with Crippen molar-refractivity contribution in [2.24, 2.45) is 0 Å². The number of aromatic nitrogens is 2. The molecule has 1 fully saturated rings. The molecule has 2 aromatic rings. The van der Waals surface area contributed by atoms with Crippen LogP contribution in [0.5, 0.6) is 0 Å². The molecule has 1 N–H and O–H groups in total. The molecule has 0 bridgehead atoms. The lowest BCUT2D eigenvalue weighted by atomic mass is 10.2. The maximum atomic E-state index is 12.1. The van der Waals surface area contributed by atoms with Crippen molar-refractivity contribution in [3.8, 4) is 0 Å². The standard InChI is InChI=1S/C13H17N3O/c1-9-5-3-6-10-12(9)16(13(17)14-10)11-7-4-8-15(11)2/h3,5-6,11H,4,7-8H2,1-2H3,(H,14,17). The highest BCUT2D eigenvalue weighted by atomic mass is 16.1. The summed E-state index contributed by atoms with van der Waals surface area (Å²) in [6.45, 7) is 3.12. The van der Waals surface area contributed by atoms with E-state index >= 15 is 0 Å². The van der Waals surface area contributed by atoms with Gasteiger partial charge in [0.15, 0.2) is 0 Å². The van der Waals surface area contributed by atoms with Crippen LogP contribution in [0.1, 0.15) is 24.6 Å². The van der Waals surface area contributed by atoms with Gasteiger partial charge in [-0.05, 0) is 45.0 Å². The maximum Gasteiger partial charge on any atom is 0.327 e. The Morgan fingerprint density at radius 1 is 1.41 bits per heavy atom. The minimum atomic E-state index is 0.00745. The number of benzene rings is 1. The van der Waals surface area contributed by atoms with Crippen molar-refractivity contribution in [3.05, 3.63) is 34.2 Å². The maximum absolute atomic E-state index is 12.1. The van der Waals surface area contributed by atoms with Gasteiger partial charge in [-0.15, -0.1) is 0 Å². The average Bonchev–Trinajstić information content (AvgIpc) is 2.82. The van der Waals surface area contributed by atoms with Crippen LogP contribution in [0.3, 0.4) is 0 Å². The summed E-state index contributed by atoms with van der Waals surface area (Å²) in [5, 5.41) is 0. The molecule has 3 rings (SSSR count). The molecule has 1 aromatic carbocycles. The number of imidazole rings is 1. The number of nitrogens with zero attached hydrogens (tertiary/aromatic N) is 2. The molecule has 90 valence electrons. The minimum absolute atomic E-state index is 0.00745. The van der Waals surface area contributed by atoms with E-state index < -0.39 is 0 Å². The molecule has 0 spiro atoms. The number of H-pyrrole nitrogens is 1. The van der Waals surface area contributed by atoms with Gasteiger partial charge in [0, 0.05) is 0 Å². The van der Waals surface area contributed by atoms with Crippen LogP contribution in [0, 0.1) is 6.92 Å². The van der Waals surface area contributed by atoms with E-state index in [4.69, 9.17) is 0 Å². The number of aromatic amines is 1. The van der Waals surface area contributed by atoms with E-state index in [0.717, 1.165) is 36.0 Å². The second-order valence-corrected chi connectivity index (χ2v) is 4.87. The smallest absolute Gasteiger partial charge is 0.305 e. The fourth-order valence-corrected chi connectivity index (χ4v) is 2.86. The van der Waals surface area contributed by atoms with Gasteiger partial charge in [-0.25, -0.2) is 4.79 Å². The number of para-hydroxylation sites is 1. The molecule has 4 heteroatoms. The van der Waals surface area contributed by atoms with E-state index in [2.05, 4.69) is 29.9 Å². The molecular formula is C13H17N3O. The zero-order valence-electron chi connectivity index (χ0n) is 10.2. The molecule has 0 amide bonds. The van der Waals surface area contributed by atoms with Crippen molar-refractivity contribution < 1.29 is 0 Å². The van der Waals surface area contributed by atoms with Gasteiger partial charge in [0.25, 0.3) is 0 Å². The predicted molar refractivity (Wildman–Crippen MR) is 68.2 cm³/mol. The third-order valence-corrected chi connectivity index (χ3v) is 3.72. The largest absolute Gasteiger partial charge is 0.327 e. The molecule has 1 aromatic heterocycles. The summed E-state index contributed by atoms with van der Waals surface area (Å²) in [4.78, 5) is 17.3. The third-order valence-electron chi connectivity index (χ3n) is 3.72. The first-order valence-corrected chi connectivity index (χ1v) is 6.08. The fourth-order valence-electron chi connectivity index (χ4n) is 2.86. The Morgan fingerprint density at radius 3 is 2.94 bits per heavy atom. The summed E-state index contributed by atoms with van der Waals surface area (Å²) >= 11 is 0. The number of aryl methyl sites for hydroxylation is 1. The highest BCUT2D eigenvalue weighted by Crippen LogP contribution is 2.27. The normalized spacial score (nSPS) is 21.4. The lowest BCUT2D eigenvalue weighted by Crippen LogP contribution is -2.30. The topological polar surface area (TPSA) is 41.0 Å². The highest BCUT2D eigenvalue weighted by Gasteiger charge is 2.26. The number of nitrogens with one attached hydrogen (secondary N) is 1. The van der Waals surface area contributed by atoms with E-state index in [9.17, 15) is 4.79 Å². The minimum Gasteiger partial charge on any atom is -0.305 e. The summed E-state index contributed by atoms with van der Waals surface area (Å²) < 4.78 is 1.91. The summed E-state index contributed by atoms with van der Waals surface area (Å²) in [6.07, 6.45) is 2.42. The summed E-state index contributed by atoms with van der Waals surface area (Å²) in [5.41, 5.74) is 3.15. The van der Waals surface area contributed by atoms with E-state index in [1.165, 1.54) is 0 Å². The lowest BCUT2D eigenvalue weighted by molar-refractivity contribution is 0.238. The van der Waals surface area contributed by atoms with Crippen molar-refractivity contribution in [1.82, 2.24) is 14.5 Å². The molecule has 1 atom stereocenters. The number of fused-ring (bicyclic) bond motifs is 1. The molecule has 2 heterocycles. The van der Waals surface area contributed by atoms with E-state index in [0.29, 0.717) is 0 Å². The molecule has 1 saturated heterocycles. The van der Waals surface area contributed by atoms with Crippen LogP contribution in [-0.2, 0) is 0 Å². The average molecular weight is 231 g/mol. The van der Waals surface area contributed by atoms with Crippen LogP contribution < -0.4 is 5.69 Å². The monoisotopic (exact) mass is 231 g/mol.